The van der Waals surface area contributed by atoms with E-state index in [0.717, 1.165) is 16.5 Å². The highest BCUT2D eigenvalue weighted by Gasteiger charge is 2.24. The first kappa shape index (κ1) is 24.1. The summed E-state index contributed by atoms with van der Waals surface area (Å²) in [5.74, 6) is 1.22. The molecule has 0 aliphatic rings. The largest absolute Gasteiger partial charge is 0.497 e. The normalized spacial score (nSPS) is 10.9. The van der Waals surface area contributed by atoms with Crippen LogP contribution >= 0.6 is 11.6 Å². The van der Waals surface area contributed by atoms with Crippen LogP contribution in [0.2, 0.25) is 5.02 Å². The third-order valence-corrected chi connectivity index (χ3v) is 6.43. The highest BCUT2D eigenvalue weighted by molar-refractivity contribution is 6.34. The molecule has 0 bridgehead atoms. The predicted octanol–water partition coefficient (Wildman–Crippen LogP) is 5.65. The Morgan fingerprint density at radius 1 is 0.946 bits per heavy atom. The number of halogens is 1. The van der Waals surface area contributed by atoms with E-state index in [1.165, 1.54) is 4.68 Å². The Hall–Kier alpha value is -4.56. The van der Waals surface area contributed by atoms with E-state index in [1.807, 2.05) is 48.5 Å². The Morgan fingerprint density at radius 3 is 2.43 bits per heavy atom. The number of pyridine rings is 1. The number of amides is 1. The van der Waals surface area contributed by atoms with E-state index in [1.54, 1.807) is 56.3 Å². The van der Waals surface area contributed by atoms with Crippen molar-refractivity contribution in [1.82, 2.24) is 14.3 Å². The summed E-state index contributed by atoms with van der Waals surface area (Å²) in [6.07, 6.45) is 1.65. The molecule has 37 heavy (non-hydrogen) atoms. The zero-order chi connectivity index (χ0) is 26.1. The molecule has 186 valence electrons. The fourth-order valence-electron chi connectivity index (χ4n) is 4.13. The lowest BCUT2D eigenvalue weighted by Gasteiger charge is -2.12. The SMILES string of the molecule is COc1ccc2c(Oc3ccc(NC(=O)c4c(-c5ccccc5)n(C)n(C)c4=O)c(Cl)c3)ccnc2c1. The van der Waals surface area contributed by atoms with Crippen molar-refractivity contribution in [2.45, 2.75) is 0 Å². The van der Waals surface area contributed by atoms with Crippen LogP contribution < -0.4 is 20.3 Å². The molecule has 0 aliphatic heterocycles. The molecular formula is C28H23ClN4O4. The van der Waals surface area contributed by atoms with Crippen molar-refractivity contribution >= 4 is 34.1 Å². The predicted molar refractivity (Wildman–Crippen MR) is 144 cm³/mol. The maximum Gasteiger partial charge on any atom is 0.279 e. The molecule has 2 aromatic heterocycles. The van der Waals surface area contributed by atoms with Gasteiger partial charge < -0.3 is 14.8 Å². The number of hydrogen-bond donors (Lipinski definition) is 1. The Labute approximate surface area is 217 Å². The van der Waals surface area contributed by atoms with Gasteiger partial charge in [0.1, 0.15) is 22.8 Å². The maximum absolute atomic E-state index is 13.3. The van der Waals surface area contributed by atoms with E-state index in [0.29, 0.717) is 28.6 Å². The van der Waals surface area contributed by atoms with E-state index in [4.69, 9.17) is 21.1 Å². The van der Waals surface area contributed by atoms with Gasteiger partial charge in [0.05, 0.1) is 29.0 Å². The fraction of sp³-hybridized carbons (Fsp3) is 0.107. The van der Waals surface area contributed by atoms with Crippen LogP contribution in [-0.4, -0.2) is 27.4 Å². The average molecular weight is 515 g/mol. The minimum absolute atomic E-state index is 0.0336. The molecule has 1 amide bonds. The molecule has 0 atom stereocenters. The molecule has 0 saturated carbocycles. The summed E-state index contributed by atoms with van der Waals surface area (Å²) < 4.78 is 14.4. The molecule has 3 aromatic carbocycles. The highest BCUT2D eigenvalue weighted by Crippen LogP contribution is 2.34. The lowest BCUT2D eigenvalue weighted by atomic mass is 10.1. The van der Waals surface area contributed by atoms with Crippen molar-refractivity contribution in [1.29, 1.82) is 0 Å². The van der Waals surface area contributed by atoms with Crippen molar-refractivity contribution in [2.24, 2.45) is 14.1 Å². The summed E-state index contributed by atoms with van der Waals surface area (Å²) in [4.78, 5) is 30.6. The second kappa shape index (κ2) is 9.83. The zero-order valence-electron chi connectivity index (χ0n) is 20.4. The molecule has 0 radical (unpaired) electrons. The minimum atomic E-state index is -0.551. The number of benzene rings is 3. The molecule has 0 saturated heterocycles. The number of hydrogen-bond acceptors (Lipinski definition) is 5. The van der Waals surface area contributed by atoms with Gasteiger partial charge in [-0.15, -0.1) is 0 Å². The van der Waals surface area contributed by atoms with Crippen molar-refractivity contribution in [3.8, 4) is 28.5 Å². The van der Waals surface area contributed by atoms with Gasteiger partial charge in [-0.2, -0.15) is 0 Å². The lowest BCUT2D eigenvalue weighted by molar-refractivity contribution is 0.102. The van der Waals surface area contributed by atoms with Crippen molar-refractivity contribution in [3.63, 3.8) is 0 Å². The van der Waals surface area contributed by atoms with Gasteiger partial charge in [-0.1, -0.05) is 41.9 Å². The molecule has 0 aliphatic carbocycles. The molecule has 5 aromatic rings. The quantitative estimate of drug-likeness (QED) is 0.316. The highest BCUT2D eigenvalue weighted by atomic mass is 35.5. The zero-order valence-corrected chi connectivity index (χ0v) is 21.1. The van der Waals surface area contributed by atoms with E-state index in [9.17, 15) is 9.59 Å². The first-order chi connectivity index (χ1) is 17.9. The van der Waals surface area contributed by atoms with Gasteiger partial charge >= 0.3 is 0 Å². The number of nitrogens with zero attached hydrogens (tertiary/aromatic N) is 3. The molecule has 9 heteroatoms. The van der Waals surface area contributed by atoms with Crippen molar-refractivity contribution in [3.05, 3.63) is 99.9 Å². The first-order valence-corrected chi connectivity index (χ1v) is 11.8. The third-order valence-electron chi connectivity index (χ3n) is 6.12. The second-order valence-corrected chi connectivity index (χ2v) is 8.74. The lowest BCUT2D eigenvalue weighted by Crippen LogP contribution is -2.24. The van der Waals surface area contributed by atoms with E-state index >= 15 is 0 Å². The van der Waals surface area contributed by atoms with Gasteiger partial charge in [0.25, 0.3) is 11.5 Å². The summed E-state index contributed by atoms with van der Waals surface area (Å²) >= 11 is 6.51. The van der Waals surface area contributed by atoms with Gasteiger partial charge in [0.15, 0.2) is 0 Å². The molecular weight excluding hydrogens is 492 g/mol. The summed E-state index contributed by atoms with van der Waals surface area (Å²) in [5, 5.41) is 3.85. The standard InChI is InChI=1S/C28H23ClN4O4/c1-32-26(17-7-5-4-6-8-17)25(28(35)33(32)2)27(34)31-22-12-10-19(15-21(22)29)37-24-13-14-30-23-16-18(36-3)9-11-20(23)24/h4-16H,1-3H3,(H,31,34). The second-order valence-electron chi connectivity index (χ2n) is 8.33. The Bertz CT molecular complexity index is 1690. The average Bonchev–Trinajstić information content (AvgIpc) is 3.14. The van der Waals surface area contributed by atoms with Crippen molar-refractivity contribution in [2.75, 3.05) is 12.4 Å². The molecule has 1 N–H and O–H groups in total. The monoisotopic (exact) mass is 514 g/mol. The minimum Gasteiger partial charge on any atom is -0.497 e. The van der Waals surface area contributed by atoms with Gasteiger partial charge in [0, 0.05) is 43.4 Å². The Morgan fingerprint density at radius 2 is 1.70 bits per heavy atom. The van der Waals surface area contributed by atoms with E-state index < -0.39 is 11.5 Å². The number of methoxy groups -OCH3 is 1. The molecule has 0 fully saturated rings. The maximum atomic E-state index is 13.3. The molecule has 5 rings (SSSR count). The van der Waals surface area contributed by atoms with Crippen LogP contribution in [0.1, 0.15) is 10.4 Å². The van der Waals surface area contributed by atoms with Gasteiger partial charge in [-0.3, -0.25) is 23.9 Å². The van der Waals surface area contributed by atoms with Crippen LogP contribution in [0.4, 0.5) is 5.69 Å². The van der Waals surface area contributed by atoms with Crippen LogP contribution in [0.15, 0.2) is 83.8 Å². The fourth-order valence-corrected chi connectivity index (χ4v) is 4.35. The number of fused-ring (bicyclic) bond motifs is 1. The number of carbonyl (C=O) groups excluding carboxylic acids is 1. The topological polar surface area (TPSA) is 87.4 Å². The molecule has 8 nitrogen and oxygen atoms in total. The Kier molecular flexibility index (Phi) is 6.42. The van der Waals surface area contributed by atoms with Crippen molar-refractivity contribution < 1.29 is 14.3 Å². The Balaban J connectivity index is 1.42. The number of anilines is 1. The van der Waals surface area contributed by atoms with Crippen LogP contribution in [0.3, 0.4) is 0 Å². The van der Waals surface area contributed by atoms with Gasteiger partial charge in [-0.05, 0) is 30.3 Å². The summed E-state index contributed by atoms with van der Waals surface area (Å²) in [7, 11) is 4.95. The number of ether oxygens (including phenoxy) is 2. The third kappa shape index (κ3) is 4.54. The number of rotatable bonds is 6. The van der Waals surface area contributed by atoms with E-state index in [2.05, 4.69) is 10.3 Å². The number of nitrogens with one attached hydrogen (secondary N) is 1. The van der Waals surface area contributed by atoms with Crippen LogP contribution in [-0.2, 0) is 14.1 Å². The van der Waals surface area contributed by atoms with Crippen LogP contribution in [0.25, 0.3) is 22.2 Å². The summed E-state index contributed by atoms with van der Waals surface area (Å²) in [6.45, 7) is 0. The molecule has 2 heterocycles. The summed E-state index contributed by atoms with van der Waals surface area (Å²) in [6, 6.07) is 21.5. The van der Waals surface area contributed by atoms with Gasteiger partial charge in [0.2, 0.25) is 0 Å². The first-order valence-electron chi connectivity index (χ1n) is 11.4. The molecule has 0 spiro atoms. The number of aromatic nitrogens is 3. The van der Waals surface area contributed by atoms with Crippen LogP contribution in [0, 0.1) is 0 Å². The van der Waals surface area contributed by atoms with Crippen LogP contribution in [0.5, 0.6) is 17.2 Å². The van der Waals surface area contributed by atoms with E-state index in [-0.39, 0.29) is 10.6 Å². The molecule has 0 unspecified atom stereocenters. The smallest absolute Gasteiger partial charge is 0.279 e. The van der Waals surface area contributed by atoms with Gasteiger partial charge in [-0.25, -0.2) is 0 Å². The number of carbonyl (C=O) groups is 1. The summed E-state index contributed by atoms with van der Waals surface area (Å²) in [5.41, 5.74) is 1.98.